The summed E-state index contributed by atoms with van der Waals surface area (Å²) in [6, 6.07) is 2.75. The third-order valence-corrected chi connectivity index (χ3v) is 4.19. The Morgan fingerprint density at radius 1 is 0.947 bits per heavy atom. The van der Waals surface area contributed by atoms with Crippen LogP contribution in [0, 0.1) is 17.5 Å². The molecule has 2 saturated heterocycles. The second-order valence-corrected chi connectivity index (χ2v) is 5.33. The molecule has 2 fully saturated rings. The average Bonchev–Trinajstić information content (AvgIpc) is 2.44. The molecule has 0 spiro atoms. The van der Waals surface area contributed by atoms with Crippen LogP contribution in [0.3, 0.4) is 0 Å². The van der Waals surface area contributed by atoms with Crippen molar-refractivity contribution in [2.75, 3.05) is 31.1 Å². The predicted molar refractivity (Wildman–Crippen MR) is 67.7 cm³/mol. The number of hydrogen-bond acceptors (Lipinski definition) is 2. The summed E-state index contributed by atoms with van der Waals surface area (Å²) in [4.78, 5) is 4.25. The highest BCUT2D eigenvalue weighted by molar-refractivity contribution is 5.49. The fourth-order valence-corrected chi connectivity index (χ4v) is 3.13. The van der Waals surface area contributed by atoms with Gasteiger partial charge in [0.25, 0.3) is 0 Å². The summed E-state index contributed by atoms with van der Waals surface area (Å²) in [6.07, 6.45) is 3.51. The largest absolute Gasteiger partial charge is 0.366 e. The summed E-state index contributed by atoms with van der Waals surface area (Å²) in [5.74, 6) is -3.56. The maximum atomic E-state index is 13.8. The van der Waals surface area contributed by atoms with E-state index in [-0.39, 0.29) is 5.69 Å². The van der Waals surface area contributed by atoms with Gasteiger partial charge in [-0.1, -0.05) is 6.42 Å². The first-order valence-corrected chi connectivity index (χ1v) is 6.79. The molecule has 104 valence electrons. The van der Waals surface area contributed by atoms with Crippen LogP contribution in [-0.2, 0) is 0 Å². The van der Waals surface area contributed by atoms with Gasteiger partial charge in [0, 0.05) is 25.7 Å². The van der Waals surface area contributed by atoms with Crippen LogP contribution < -0.4 is 4.90 Å². The lowest BCUT2D eigenvalue weighted by atomic mass is 9.99. The van der Waals surface area contributed by atoms with Gasteiger partial charge in [0.05, 0.1) is 5.69 Å². The summed E-state index contributed by atoms with van der Waals surface area (Å²) in [5, 5.41) is 0. The zero-order valence-electron chi connectivity index (χ0n) is 10.7. The molecule has 1 aromatic rings. The highest BCUT2D eigenvalue weighted by Gasteiger charge is 2.30. The Kier molecular flexibility index (Phi) is 3.39. The summed E-state index contributed by atoms with van der Waals surface area (Å²) < 4.78 is 40.0. The monoisotopic (exact) mass is 270 g/mol. The minimum Gasteiger partial charge on any atom is -0.366 e. The Morgan fingerprint density at radius 3 is 2.63 bits per heavy atom. The second-order valence-electron chi connectivity index (χ2n) is 5.33. The minimum atomic E-state index is -1.37. The number of benzene rings is 1. The topological polar surface area (TPSA) is 6.48 Å². The summed E-state index contributed by atoms with van der Waals surface area (Å²) in [5.41, 5.74) is 0.184. The summed E-state index contributed by atoms with van der Waals surface area (Å²) in [6.45, 7) is 3.32. The molecule has 0 amide bonds. The van der Waals surface area contributed by atoms with E-state index in [2.05, 4.69) is 4.90 Å². The number of piperidine rings is 1. The molecule has 2 aliphatic rings. The first-order valence-electron chi connectivity index (χ1n) is 6.79. The molecule has 19 heavy (non-hydrogen) atoms. The lowest BCUT2D eigenvalue weighted by molar-refractivity contribution is 0.133. The number of hydrogen-bond donors (Lipinski definition) is 0. The maximum absolute atomic E-state index is 13.8. The van der Waals surface area contributed by atoms with Crippen molar-refractivity contribution in [3.05, 3.63) is 29.6 Å². The molecule has 0 aromatic heterocycles. The average molecular weight is 270 g/mol. The van der Waals surface area contributed by atoms with E-state index >= 15 is 0 Å². The van der Waals surface area contributed by atoms with Gasteiger partial charge < -0.3 is 4.90 Å². The minimum absolute atomic E-state index is 0.184. The van der Waals surface area contributed by atoms with Gasteiger partial charge in [-0.15, -0.1) is 0 Å². The molecular formula is C14H17F3N2. The number of piperazine rings is 1. The third-order valence-electron chi connectivity index (χ3n) is 4.19. The van der Waals surface area contributed by atoms with Crippen LogP contribution >= 0.6 is 0 Å². The van der Waals surface area contributed by atoms with Crippen LogP contribution in [-0.4, -0.2) is 37.1 Å². The van der Waals surface area contributed by atoms with Crippen molar-refractivity contribution in [1.29, 1.82) is 0 Å². The summed E-state index contributed by atoms with van der Waals surface area (Å²) >= 11 is 0. The number of nitrogens with zero attached hydrogens (tertiary/aromatic N) is 2. The molecule has 0 aliphatic carbocycles. The first kappa shape index (κ1) is 12.8. The Hall–Kier alpha value is -1.23. The normalized spacial score (nSPS) is 24.4. The molecule has 0 saturated carbocycles. The Morgan fingerprint density at radius 2 is 1.79 bits per heavy atom. The number of anilines is 1. The molecule has 2 nitrogen and oxygen atoms in total. The molecule has 2 heterocycles. The molecule has 1 atom stereocenters. The van der Waals surface area contributed by atoms with E-state index in [9.17, 15) is 13.2 Å². The van der Waals surface area contributed by atoms with Gasteiger partial charge in [-0.2, -0.15) is 0 Å². The zero-order valence-corrected chi connectivity index (χ0v) is 10.7. The van der Waals surface area contributed by atoms with Gasteiger partial charge in [-0.05, 0) is 31.5 Å². The van der Waals surface area contributed by atoms with Gasteiger partial charge in [-0.3, -0.25) is 4.90 Å². The van der Waals surface area contributed by atoms with Crippen molar-refractivity contribution in [2.45, 2.75) is 25.3 Å². The highest BCUT2D eigenvalue weighted by atomic mass is 19.2. The van der Waals surface area contributed by atoms with E-state index in [1.165, 1.54) is 18.9 Å². The van der Waals surface area contributed by atoms with E-state index in [1.807, 2.05) is 4.90 Å². The lowest BCUT2D eigenvalue weighted by Crippen LogP contribution is -2.55. The molecule has 5 heteroatoms. The molecular weight excluding hydrogens is 253 g/mol. The maximum Gasteiger partial charge on any atom is 0.196 e. The fraction of sp³-hybridized carbons (Fsp3) is 0.571. The third kappa shape index (κ3) is 2.31. The van der Waals surface area contributed by atoms with Crippen LogP contribution in [0.4, 0.5) is 18.9 Å². The number of halogens is 3. The Bertz CT molecular complexity index is 478. The van der Waals surface area contributed by atoms with Crippen molar-refractivity contribution in [3.63, 3.8) is 0 Å². The molecule has 1 aromatic carbocycles. The van der Waals surface area contributed by atoms with Gasteiger partial charge in [0.1, 0.15) is 0 Å². The molecule has 2 aliphatic heterocycles. The van der Waals surface area contributed by atoms with E-state index < -0.39 is 17.5 Å². The zero-order chi connectivity index (χ0) is 13.4. The van der Waals surface area contributed by atoms with Crippen LogP contribution in [0.1, 0.15) is 19.3 Å². The lowest BCUT2D eigenvalue weighted by Gasteiger charge is -2.44. The molecule has 1 unspecified atom stereocenters. The Balaban J connectivity index is 1.81. The molecule has 0 bridgehead atoms. The number of rotatable bonds is 1. The smallest absolute Gasteiger partial charge is 0.196 e. The number of fused-ring (bicyclic) bond motifs is 1. The van der Waals surface area contributed by atoms with Crippen molar-refractivity contribution in [3.8, 4) is 0 Å². The highest BCUT2D eigenvalue weighted by Crippen LogP contribution is 2.28. The van der Waals surface area contributed by atoms with Gasteiger partial charge in [-0.25, -0.2) is 13.2 Å². The summed E-state index contributed by atoms with van der Waals surface area (Å²) in [7, 11) is 0. The fourth-order valence-electron chi connectivity index (χ4n) is 3.13. The van der Waals surface area contributed by atoms with Gasteiger partial charge >= 0.3 is 0 Å². The van der Waals surface area contributed by atoms with Gasteiger partial charge in [0.2, 0.25) is 0 Å². The van der Waals surface area contributed by atoms with E-state index in [4.69, 9.17) is 0 Å². The first-order chi connectivity index (χ1) is 9.16. The molecule has 0 N–H and O–H groups in total. The second kappa shape index (κ2) is 5.04. The Labute approximate surface area is 110 Å². The van der Waals surface area contributed by atoms with Crippen molar-refractivity contribution in [2.24, 2.45) is 0 Å². The predicted octanol–water partition coefficient (Wildman–Crippen LogP) is 2.78. The van der Waals surface area contributed by atoms with E-state index in [0.717, 1.165) is 25.6 Å². The van der Waals surface area contributed by atoms with Crippen molar-refractivity contribution >= 4 is 5.69 Å². The molecule has 0 radical (unpaired) electrons. The van der Waals surface area contributed by atoms with Gasteiger partial charge in [0.15, 0.2) is 17.5 Å². The van der Waals surface area contributed by atoms with E-state index in [1.54, 1.807) is 0 Å². The van der Waals surface area contributed by atoms with Crippen LogP contribution in [0.25, 0.3) is 0 Å². The van der Waals surface area contributed by atoms with Crippen LogP contribution in [0.2, 0.25) is 0 Å². The van der Waals surface area contributed by atoms with Crippen LogP contribution in [0.15, 0.2) is 12.1 Å². The SMILES string of the molecule is Fc1ccc(N2CCN3CCCCC3C2)c(F)c1F. The quantitative estimate of drug-likeness (QED) is 0.724. The standard InChI is InChI=1S/C14H17F3N2/c15-11-4-5-12(14(17)13(11)16)19-8-7-18-6-2-1-3-10(18)9-19/h4-5,10H,1-3,6-9H2. The molecule has 3 rings (SSSR count). The van der Waals surface area contributed by atoms with Crippen molar-refractivity contribution < 1.29 is 13.2 Å². The van der Waals surface area contributed by atoms with Crippen molar-refractivity contribution in [1.82, 2.24) is 4.90 Å². The van der Waals surface area contributed by atoms with Crippen LogP contribution in [0.5, 0.6) is 0 Å². The van der Waals surface area contributed by atoms with E-state index in [0.29, 0.717) is 19.1 Å².